The van der Waals surface area contributed by atoms with Crippen LogP contribution in [0.25, 0.3) is 0 Å². The molecule has 6 heteroatoms. The zero-order valence-electron chi connectivity index (χ0n) is 15.0. The van der Waals surface area contributed by atoms with E-state index < -0.39 is 11.7 Å². The Bertz CT molecular complexity index is 613. The maximum atomic E-state index is 12.4. The minimum atomic E-state index is -4.33. The molecule has 140 valence electrons. The van der Waals surface area contributed by atoms with Crippen molar-refractivity contribution in [2.75, 3.05) is 0 Å². The van der Waals surface area contributed by atoms with Crippen molar-refractivity contribution < 1.29 is 17.9 Å². The van der Waals surface area contributed by atoms with Crippen molar-refractivity contribution in [3.8, 4) is 5.75 Å². The second-order valence-electron chi connectivity index (χ2n) is 4.45. The average molecular weight is 376 g/mol. The molecule has 2 N–H and O–H groups in total. The molecule has 25 heavy (non-hydrogen) atoms. The molecule has 0 bridgehead atoms. The largest absolute Gasteiger partial charge is 0.487 e. The van der Waals surface area contributed by atoms with Crippen LogP contribution >= 0.6 is 11.6 Å². The summed E-state index contributed by atoms with van der Waals surface area (Å²) in [6, 6.07) is 9.98. The van der Waals surface area contributed by atoms with Crippen LogP contribution in [0.3, 0.4) is 0 Å². The number of ether oxygens (including phenoxy) is 1. The van der Waals surface area contributed by atoms with Crippen LogP contribution in [0.1, 0.15) is 44.4 Å². The van der Waals surface area contributed by atoms with Crippen molar-refractivity contribution >= 4 is 11.6 Å². The van der Waals surface area contributed by atoms with Gasteiger partial charge in [-0.05, 0) is 35.4 Å². The maximum absolute atomic E-state index is 12.4. The van der Waals surface area contributed by atoms with Crippen LogP contribution in [0, 0.1) is 0 Å². The van der Waals surface area contributed by atoms with Crippen molar-refractivity contribution in [2.24, 2.45) is 5.73 Å². The van der Waals surface area contributed by atoms with Crippen molar-refractivity contribution in [1.82, 2.24) is 0 Å². The second-order valence-corrected chi connectivity index (χ2v) is 4.86. The minimum absolute atomic E-state index is 0.139. The second kappa shape index (κ2) is 11.8. The Labute approximate surface area is 152 Å². The van der Waals surface area contributed by atoms with Crippen LogP contribution in [0.2, 0.25) is 5.02 Å². The lowest BCUT2D eigenvalue weighted by atomic mass is 10.1. The Morgan fingerprint density at radius 3 is 1.88 bits per heavy atom. The molecule has 0 spiro atoms. The summed E-state index contributed by atoms with van der Waals surface area (Å²) in [7, 11) is 0. The summed E-state index contributed by atoms with van der Waals surface area (Å²) in [5, 5.41) is 0.421. The molecule has 2 nitrogen and oxygen atoms in total. The normalized spacial score (nSPS) is 10.1. The van der Waals surface area contributed by atoms with Crippen LogP contribution in [0.15, 0.2) is 42.5 Å². The summed E-state index contributed by atoms with van der Waals surface area (Å²) in [5.74, 6) is 0.466. The summed E-state index contributed by atoms with van der Waals surface area (Å²) < 4.78 is 42.8. The molecule has 2 aromatic rings. The molecule has 0 heterocycles. The fourth-order valence-corrected chi connectivity index (χ4v) is 2.00. The third-order valence-corrected chi connectivity index (χ3v) is 3.20. The zero-order valence-corrected chi connectivity index (χ0v) is 15.7. The number of alkyl halides is 3. The number of hydrogen-bond donors (Lipinski definition) is 1. The number of hydrogen-bond acceptors (Lipinski definition) is 2. The van der Waals surface area contributed by atoms with Gasteiger partial charge in [-0.3, -0.25) is 0 Å². The number of rotatable bonds is 4. The summed E-state index contributed by atoms with van der Waals surface area (Å²) in [5.41, 5.74) is 6.31. The van der Waals surface area contributed by atoms with Gasteiger partial charge in [0.2, 0.25) is 0 Å². The van der Waals surface area contributed by atoms with Crippen LogP contribution in [-0.2, 0) is 19.3 Å². The fraction of sp³-hybridized carbons (Fsp3) is 0.368. The smallest absolute Gasteiger partial charge is 0.416 e. The predicted octanol–water partition coefficient (Wildman–Crippen LogP) is 6.45. The van der Waals surface area contributed by atoms with Crippen LogP contribution in [0.5, 0.6) is 5.75 Å². The molecule has 0 unspecified atom stereocenters. The van der Waals surface area contributed by atoms with Gasteiger partial charge < -0.3 is 10.5 Å². The molecule has 0 fully saturated rings. The van der Waals surface area contributed by atoms with Gasteiger partial charge in [0.25, 0.3) is 0 Å². The molecule has 0 saturated heterocycles. The lowest BCUT2D eigenvalue weighted by Crippen LogP contribution is -2.05. The third kappa shape index (κ3) is 7.80. The zero-order chi connectivity index (χ0) is 19.5. The maximum Gasteiger partial charge on any atom is 0.416 e. The quantitative estimate of drug-likeness (QED) is 0.666. The van der Waals surface area contributed by atoms with E-state index in [0.717, 1.165) is 17.7 Å². The van der Waals surface area contributed by atoms with E-state index in [4.69, 9.17) is 22.1 Å². The van der Waals surface area contributed by atoms with Gasteiger partial charge >= 0.3 is 6.18 Å². The summed E-state index contributed by atoms with van der Waals surface area (Å²) in [6.45, 7) is 8.51. The van der Waals surface area contributed by atoms with E-state index in [1.807, 2.05) is 27.7 Å². The molecular weight excluding hydrogens is 351 g/mol. The third-order valence-electron chi connectivity index (χ3n) is 2.91. The van der Waals surface area contributed by atoms with Gasteiger partial charge in [-0.15, -0.1) is 0 Å². The monoisotopic (exact) mass is 375 g/mol. The molecule has 0 aromatic heterocycles. The topological polar surface area (TPSA) is 35.2 Å². The van der Waals surface area contributed by atoms with Gasteiger partial charge in [0.15, 0.2) is 0 Å². The molecule has 2 rings (SSSR count). The van der Waals surface area contributed by atoms with E-state index in [0.29, 0.717) is 22.9 Å². The lowest BCUT2D eigenvalue weighted by molar-refractivity contribution is -0.137. The van der Waals surface area contributed by atoms with Crippen LogP contribution in [0.4, 0.5) is 13.2 Å². The Morgan fingerprint density at radius 2 is 1.44 bits per heavy atom. The molecule has 0 radical (unpaired) electrons. The minimum Gasteiger partial charge on any atom is -0.487 e. The fourth-order valence-electron chi connectivity index (χ4n) is 1.74. The van der Waals surface area contributed by atoms with Gasteiger partial charge in [0.05, 0.1) is 10.6 Å². The first kappa shape index (κ1) is 23.3. The highest BCUT2D eigenvalue weighted by molar-refractivity contribution is 6.32. The molecule has 0 aliphatic carbocycles. The standard InChI is InChI=1S/C15H13ClF3NO.2C2H6/c16-13-7-11(8-20)3-6-14(13)21-9-10-1-4-12(5-2-10)15(17,18)19;2*1-2/h1-7H,8-9,20H2;2*1-2H3. The van der Waals surface area contributed by atoms with Gasteiger partial charge in [0.1, 0.15) is 12.4 Å². The number of nitrogens with two attached hydrogens (primary N) is 1. The molecule has 0 amide bonds. The Morgan fingerprint density at radius 1 is 0.920 bits per heavy atom. The highest BCUT2D eigenvalue weighted by Gasteiger charge is 2.29. The molecule has 0 atom stereocenters. The van der Waals surface area contributed by atoms with Crippen molar-refractivity contribution in [1.29, 1.82) is 0 Å². The molecule has 0 aliphatic rings. The summed E-state index contributed by atoms with van der Waals surface area (Å²) in [6.07, 6.45) is -4.33. The summed E-state index contributed by atoms with van der Waals surface area (Å²) >= 11 is 6.03. The van der Waals surface area contributed by atoms with E-state index in [1.165, 1.54) is 12.1 Å². The summed E-state index contributed by atoms with van der Waals surface area (Å²) in [4.78, 5) is 0. The highest BCUT2D eigenvalue weighted by Crippen LogP contribution is 2.30. The molecule has 0 saturated carbocycles. The van der Waals surface area contributed by atoms with E-state index in [2.05, 4.69) is 0 Å². The van der Waals surface area contributed by atoms with E-state index in [1.54, 1.807) is 18.2 Å². The first-order chi connectivity index (χ1) is 11.9. The first-order valence-electron chi connectivity index (χ1n) is 8.17. The Balaban J connectivity index is 0.00000134. The predicted molar refractivity (Wildman–Crippen MR) is 97.8 cm³/mol. The van der Waals surface area contributed by atoms with Crippen LogP contribution < -0.4 is 10.5 Å². The lowest BCUT2D eigenvalue weighted by Gasteiger charge is -2.10. The van der Waals surface area contributed by atoms with E-state index >= 15 is 0 Å². The van der Waals surface area contributed by atoms with E-state index in [9.17, 15) is 13.2 Å². The van der Waals surface area contributed by atoms with Crippen molar-refractivity contribution in [3.05, 3.63) is 64.2 Å². The van der Waals surface area contributed by atoms with Gasteiger partial charge in [-0.25, -0.2) is 0 Å². The molecular formula is C19H25ClF3NO. The van der Waals surface area contributed by atoms with Crippen molar-refractivity contribution in [3.63, 3.8) is 0 Å². The highest BCUT2D eigenvalue weighted by atomic mass is 35.5. The van der Waals surface area contributed by atoms with Gasteiger partial charge in [-0.2, -0.15) is 13.2 Å². The van der Waals surface area contributed by atoms with Crippen molar-refractivity contribution in [2.45, 2.75) is 47.0 Å². The van der Waals surface area contributed by atoms with Gasteiger partial charge in [-0.1, -0.05) is 57.5 Å². The Hall–Kier alpha value is -1.72. The van der Waals surface area contributed by atoms with Crippen LogP contribution in [-0.4, -0.2) is 0 Å². The number of benzene rings is 2. The molecule has 0 aliphatic heterocycles. The SMILES string of the molecule is CC.CC.NCc1ccc(OCc2ccc(C(F)(F)F)cc2)c(Cl)c1. The first-order valence-corrected chi connectivity index (χ1v) is 8.55. The molecule has 2 aromatic carbocycles. The average Bonchev–Trinajstić information content (AvgIpc) is 2.63. The van der Waals surface area contributed by atoms with Gasteiger partial charge in [0, 0.05) is 6.54 Å². The number of halogens is 4. The van der Waals surface area contributed by atoms with E-state index in [-0.39, 0.29) is 6.61 Å². The Kier molecular flexibility index (Phi) is 11.0.